The Balaban J connectivity index is 1.58. The van der Waals surface area contributed by atoms with Crippen LogP contribution in [0.3, 0.4) is 0 Å². The molecule has 0 saturated carbocycles. The van der Waals surface area contributed by atoms with Crippen LogP contribution in [0.4, 0.5) is 5.69 Å². The average Bonchev–Trinajstić information content (AvgIpc) is 3.37. The molecular formula is C19H17N3O3. The Morgan fingerprint density at radius 2 is 1.88 bits per heavy atom. The summed E-state index contributed by atoms with van der Waals surface area (Å²) in [6, 6.07) is 13.9. The van der Waals surface area contributed by atoms with E-state index in [4.69, 9.17) is 13.4 Å². The van der Waals surface area contributed by atoms with Gasteiger partial charge in [0.25, 0.3) is 0 Å². The predicted molar refractivity (Wildman–Crippen MR) is 91.8 cm³/mol. The van der Waals surface area contributed by atoms with E-state index in [0.717, 1.165) is 17.0 Å². The van der Waals surface area contributed by atoms with E-state index in [2.05, 4.69) is 46.2 Å². The van der Waals surface area contributed by atoms with Crippen LogP contribution in [0.15, 0.2) is 74.6 Å². The summed E-state index contributed by atoms with van der Waals surface area (Å²) in [5, 5.41) is 4.02. The Labute approximate surface area is 144 Å². The van der Waals surface area contributed by atoms with Gasteiger partial charge in [0.05, 0.1) is 31.2 Å². The van der Waals surface area contributed by atoms with Crippen molar-refractivity contribution >= 4 is 5.69 Å². The van der Waals surface area contributed by atoms with E-state index in [0.29, 0.717) is 24.8 Å². The molecule has 4 rings (SSSR count). The molecular weight excluding hydrogens is 318 g/mol. The fraction of sp³-hybridized carbons (Fsp3) is 0.158. The van der Waals surface area contributed by atoms with Gasteiger partial charge in [-0.2, -0.15) is 4.98 Å². The summed E-state index contributed by atoms with van der Waals surface area (Å²) in [4.78, 5) is 6.58. The Bertz CT molecular complexity index is 909. The van der Waals surface area contributed by atoms with Crippen molar-refractivity contribution < 1.29 is 13.4 Å². The van der Waals surface area contributed by atoms with E-state index in [-0.39, 0.29) is 0 Å². The molecule has 0 aliphatic carbocycles. The fourth-order valence-corrected chi connectivity index (χ4v) is 2.58. The highest BCUT2D eigenvalue weighted by Crippen LogP contribution is 2.22. The van der Waals surface area contributed by atoms with Crippen molar-refractivity contribution in [3.8, 4) is 11.4 Å². The molecule has 0 atom stereocenters. The Kier molecular flexibility index (Phi) is 4.08. The molecule has 0 saturated heterocycles. The van der Waals surface area contributed by atoms with Gasteiger partial charge in [-0.3, -0.25) is 0 Å². The topological polar surface area (TPSA) is 68.4 Å². The lowest BCUT2D eigenvalue weighted by molar-refractivity contribution is 0.374. The molecule has 6 nitrogen and oxygen atoms in total. The quantitative estimate of drug-likeness (QED) is 0.519. The van der Waals surface area contributed by atoms with Crippen LogP contribution < -0.4 is 4.90 Å². The first-order chi connectivity index (χ1) is 12.3. The predicted octanol–water partition coefficient (Wildman–Crippen LogP) is 4.44. The lowest BCUT2D eigenvalue weighted by atomic mass is 10.2. The van der Waals surface area contributed by atoms with E-state index in [1.54, 1.807) is 24.9 Å². The highest BCUT2D eigenvalue weighted by atomic mass is 16.5. The lowest BCUT2D eigenvalue weighted by Gasteiger charge is -2.22. The van der Waals surface area contributed by atoms with Crippen LogP contribution in [0.1, 0.15) is 17.2 Å². The van der Waals surface area contributed by atoms with E-state index >= 15 is 0 Å². The van der Waals surface area contributed by atoms with Crippen molar-refractivity contribution in [1.29, 1.82) is 0 Å². The average molecular weight is 335 g/mol. The SMILES string of the molecule is Cc1ccc(N(Cc2ccco2)Cc2nc(-c3ccoc3)no2)cc1. The minimum atomic E-state index is 0.481. The van der Waals surface area contributed by atoms with Crippen molar-refractivity contribution in [2.45, 2.75) is 20.0 Å². The Morgan fingerprint density at radius 3 is 2.60 bits per heavy atom. The maximum Gasteiger partial charge on any atom is 0.246 e. The van der Waals surface area contributed by atoms with E-state index in [1.165, 1.54) is 5.56 Å². The van der Waals surface area contributed by atoms with E-state index in [9.17, 15) is 0 Å². The number of benzene rings is 1. The molecule has 0 spiro atoms. The highest BCUT2D eigenvalue weighted by molar-refractivity contribution is 5.52. The smallest absolute Gasteiger partial charge is 0.246 e. The van der Waals surface area contributed by atoms with E-state index in [1.807, 2.05) is 12.1 Å². The monoisotopic (exact) mass is 335 g/mol. The maximum absolute atomic E-state index is 5.49. The standard InChI is InChI=1S/C19H17N3O3/c1-14-4-6-16(7-5-14)22(11-17-3-2-9-24-17)12-18-20-19(21-25-18)15-8-10-23-13-15/h2-10,13H,11-12H2,1H3. The summed E-state index contributed by atoms with van der Waals surface area (Å²) in [5.41, 5.74) is 3.06. The third kappa shape index (κ3) is 3.47. The molecule has 0 aliphatic heterocycles. The number of furan rings is 2. The van der Waals surface area contributed by atoms with Crippen LogP contribution >= 0.6 is 0 Å². The molecule has 6 heteroatoms. The van der Waals surface area contributed by atoms with Crippen LogP contribution in [-0.4, -0.2) is 10.1 Å². The van der Waals surface area contributed by atoms with Gasteiger partial charge < -0.3 is 18.3 Å². The zero-order valence-electron chi connectivity index (χ0n) is 13.8. The second-order valence-corrected chi connectivity index (χ2v) is 5.79. The number of aromatic nitrogens is 2. The van der Waals surface area contributed by atoms with Crippen molar-refractivity contribution in [1.82, 2.24) is 10.1 Å². The molecule has 3 heterocycles. The Hall–Kier alpha value is -3.28. The van der Waals surface area contributed by atoms with Crippen molar-refractivity contribution in [3.63, 3.8) is 0 Å². The molecule has 0 amide bonds. The first-order valence-electron chi connectivity index (χ1n) is 7.97. The molecule has 0 aliphatic rings. The van der Waals surface area contributed by atoms with Gasteiger partial charge in [-0.1, -0.05) is 22.9 Å². The van der Waals surface area contributed by atoms with Gasteiger partial charge in [-0.15, -0.1) is 0 Å². The number of anilines is 1. The fourth-order valence-electron chi connectivity index (χ4n) is 2.58. The van der Waals surface area contributed by atoms with Gasteiger partial charge in [0.1, 0.15) is 12.0 Å². The summed E-state index contributed by atoms with van der Waals surface area (Å²) in [6.45, 7) is 3.16. The lowest BCUT2D eigenvalue weighted by Crippen LogP contribution is -2.22. The molecule has 0 bridgehead atoms. The molecule has 1 aromatic carbocycles. The minimum absolute atomic E-state index is 0.481. The first kappa shape index (κ1) is 15.3. The summed E-state index contributed by atoms with van der Waals surface area (Å²) < 4.78 is 16.0. The summed E-state index contributed by atoms with van der Waals surface area (Å²) in [6.07, 6.45) is 4.85. The molecule has 0 radical (unpaired) electrons. The van der Waals surface area contributed by atoms with Crippen LogP contribution in [0, 0.1) is 6.92 Å². The highest BCUT2D eigenvalue weighted by Gasteiger charge is 2.16. The van der Waals surface area contributed by atoms with Gasteiger partial charge in [-0.05, 0) is 37.3 Å². The van der Waals surface area contributed by atoms with Crippen LogP contribution in [0.25, 0.3) is 11.4 Å². The molecule has 4 aromatic rings. The normalized spacial score (nSPS) is 10.9. The molecule has 0 fully saturated rings. The summed E-state index contributed by atoms with van der Waals surface area (Å²) in [7, 11) is 0. The van der Waals surface area contributed by atoms with Gasteiger partial charge >= 0.3 is 0 Å². The first-order valence-corrected chi connectivity index (χ1v) is 7.97. The summed E-state index contributed by atoms with van der Waals surface area (Å²) >= 11 is 0. The van der Waals surface area contributed by atoms with Gasteiger partial charge in [0.2, 0.25) is 11.7 Å². The van der Waals surface area contributed by atoms with Gasteiger partial charge in [0, 0.05) is 5.69 Å². The molecule has 126 valence electrons. The molecule has 3 aromatic heterocycles. The van der Waals surface area contributed by atoms with Crippen molar-refractivity contribution in [2.24, 2.45) is 0 Å². The van der Waals surface area contributed by atoms with Crippen LogP contribution in [0.5, 0.6) is 0 Å². The number of rotatable bonds is 6. The number of nitrogens with zero attached hydrogens (tertiary/aromatic N) is 3. The van der Waals surface area contributed by atoms with Crippen LogP contribution in [0.2, 0.25) is 0 Å². The third-order valence-electron chi connectivity index (χ3n) is 3.90. The maximum atomic E-state index is 5.49. The number of hydrogen-bond acceptors (Lipinski definition) is 6. The van der Waals surface area contributed by atoms with Crippen molar-refractivity contribution in [3.05, 3.63) is 78.5 Å². The van der Waals surface area contributed by atoms with E-state index < -0.39 is 0 Å². The molecule has 25 heavy (non-hydrogen) atoms. The molecule has 0 unspecified atom stereocenters. The Morgan fingerprint density at radius 1 is 1.00 bits per heavy atom. The zero-order valence-corrected chi connectivity index (χ0v) is 13.8. The second kappa shape index (κ2) is 6.68. The zero-order chi connectivity index (χ0) is 17.1. The minimum Gasteiger partial charge on any atom is -0.472 e. The number of aryl methyl sites for hydroxylation is 1. The van der Waals surface area contributed by atoms with Gasteiger partial charge in [-0.25, -0.2) is 0 Å². The largest absolute Gasteiger partial charge is 0.472 e. The van der Waals surface area contributed by atoms with Crippen LogP contribution in [-0.2, 0) is 13.1 Å². The number of hydrogen-bond donors (Lipinski definition) is 0. The second-order valence-electron chi connectivity index (χ2n) is 5.79. The van der Waals surface area contributed by atoms with Crippen molar-refractivity contribution in [2.75, 3.05) is 4.90 Å². The van der Waals surface area contributed by atoms with Gasteiger partial charge in [0.15, 0.2) is 0 Å². The summed E-state index contributed by atoms with van der Waals surface area (Å²) in [5.74, 6) is 1.92. The molecule has 0 N–H and O–H groups in total. The third-order valence-corrected chi connectivity index (χ3v) is 3.90.